The van der Waals surface area contributed by atoms with Crippen molar-refractivity contribution in [3.05, 3.63) is 93.6 Å². The maximum absolute atomic E-state index is 13.1. The lowest BCUT2D eigenvalue weighted by Crippen LogP contribution is -2.35. The van der Waals surface area contributed by atoms with Crippen LogP contribution in [0, 0.1) is 0 Å². The van der Waals surface area contributed by atoms with E-state index < -0.39 is 6.03 Å². The predicted octanol–water partition coefficient (Wildman–Crippen LogP) is 5.02. The number of H-pyrrole nitrogens is 1. The van der Waals surface area contributed by atoms with E-state index in [0.717, 1.165) is 5.39 Å². The van der Waals surface area contributed by atoms with Gasteiger partial charge >= 0.3 is 6.03 Å². The van der Waals surface area contributed by atoms with Gasteiger partial charge in [-0.1, -0.05) is 23.7 Å². The Hall–Kier alpha value is -3.71. The highest BCUT2D eigenvalue weighted by molar-refractivity contribution is 6.33. The molecular formula is C23H20ClN3O4. The number of hydrogen-bond acceptors (Lipinski definition) is 4. The van der Waals surface area contributed by atoms with Gasteiger partial charge in [-0.3, -0.25) is 4.79 Å². The monoisotopic (exact) mass is 437 g/mol. The number of hydrogen-bond donors (Lipinski definition) is 2. The summed E-state index contributed by atoms with van der Waals surface area (Å²) in [5, 5.41) is 4.02. The van der Waals surface area contributed by atoms with E-state index >= 15 is 0 Å². The molecule has 0 fully saturated rings. The van der Waals surface area contributed by atoms with E-state index in [1.165, 1.54) is 11.2 Å². The van der Waals surface area contributed by atoms with Crippen molar-refractivity contribution in [3.63, 3.8) is 0 Å². The fraction of sp³-hybridized carbons (Fsp3) is 0.130. The zero-order chi connectivity index (χ0) is 21.8. The van der Waals surface area contributed by atoms with Crippen LogP contribution >= 0.6 is 11.6 Å². The van der Waals surface area contributed by atoms with Gasteiger partial charge in [0.1, 0.15) is 11.5 Å². The van der Waals surface area contributed by atoms with E-state index in [1.807, 2.05) is 6.07 Å². The summed E-state index contributed by atoms with van der Waals surface area (Å²) in [5.74, 6) is 1.27. The summed E-state index contributed by atoms with van der Waals surface area (Å²) in [5.41, 5.74) is 1.33. The van der Waals surface area contributed by atoms with Gasteiger partial charge in [0.2, 0.25) is 0 Å². The van der Waals surface area contributed by atoms with Gasteiger partial charge in [0.15, 0.2) is 0 Å². The van der Waals surface area contributed by atoms with Crippen LogP contribution in [0.25, 0.3) is 10.9 Å². The maximum Gasteiger partial charge on any atom is 0.322 e. The standard InChI is InChI=1S/C23H20ClN3O4/c1-30-17-8-9-20-15(12-17)11-16(22(28)25-20)13-27(14-18-5-4-10-31-18)23(29)26-21-7-3-2-6-19(21)24/h2-12H,13-14H2,1H3,(H,25,28)(H,26,29). The van der Waals surface area contributed by atoms with Gasteiger partial charge < -0.3 is 24.4 Å². The van der Waals surface area contributed by atoms with E-state index in [9.17, 15) is 9.59 Å². The molecule has 0 saturated heterocycles. The van der Waals surface area contributed by atoms with Crippen molar-refractivity contribution in [3.8, 4) is 5.75 Å². The van der Waals surface area contributed by atoms with Crippen LogP contribution in [0.2, 0.25) is 5.02 Å². The Kier molecular flexibility index (Phi) is 5.95. The number of urea groups is 1. The van der Waals surface area contributed by atoms with Crippen LogP contribution in [0.3, 0.4) is 0 Å². The van der Waals surface area contributed by atoms with Crippen molar-refractivity contribution in [2.45, 2.75) is 13.1 Å². The van der Waals surface area contributed by atoms with E-state index in [0.29, 0.717) is 33.3 Å². The molecule has 0 aliphatic rings. The van der Waals surface area contributed by atoms with Gasteiger partial charge in [-0.25, -0.2) is 4.79 Å². The normalized spacial score (nSPS) is 10.8. The number of fused-ring (bicyclic) bond motifs is 1. The van der Waals surface area contributed by atoms with E-state index in [2.05, 4.69) is 10.3 Å². The third-order valence-electron chi connectivity index (χ3n) is 4.82. The van der Waals surface area contributed by atoms with E-state index in [4.69, 9.17) is 20.8 Å². The Morgan fingerprint density at radius 1 is 1.13 bits per heavy atom. The molecule has 2 heterocycles. The number of rotatable bonds is 6. The SMILES string of the molecule is COc1ccc2[nH]c(=O)c(CN(Cc3ccco3)C(=O)Nc3ccccc3Cl)cc2c1. The van der Waals surface area contributed by atoms with Crippen LogP contribution < -0.4 is 15.6 Å². The number of methoxy groups -OCH3 is 1. The van der Waals surface area contributed by atoms with Crippen molar-refractivity contribution >= 4 is 34.2 Å². The third-order valence-corrected chi connectivity index (χ3v) is 5.15. The molecule has 31 heavy (non-hydrogen) atoms. The van der Waals surface area contributed by atoms with Gasteiger partial charge in [0.05, 0.1) is 37.2 Å². The number of nitrogens with one attached hydrogen (secondary N) is 2. The highest BCUT2D eigenvalue weighted by Crippen LogP contribution is 2.23. The highest BCUT2D eigenvalue weighted by atomic mass is 35.5. The van der Waals surface area contributed by atoms with Gasteiger partial charge in [-0.15, -0.1) is 0 Å². The zero-order valence-electron chi connectivity index (χ0n) is 16.7. The minimum absolute atomic E-state index is 0.0689. The first-order chi connectivity index (χ1) is 15.0. The molecule has 2 amide bonds. The van der Waals surface area contributed by atoms with E-state index in [1.54, 1.807) is 61.7 Å². The van der Waals surface area contributed by atoms with Gasteiger partial charge in [-0.05, 0) is 48.5 Å². The first-order valence-electron chi connectivity index (χ1n) is 9.56. The number of halogens is 1. The van der Waals surface area contributed by atoms with Crippen molar-refractivity contribution in [1.29, 1.82) is 0 Å². The van der Waals surface area contributed by atoms with Crippen molar-refractivity contribution in [2.75, 3.05) is 12.4 Å². The average Bonchev–Trinajstić information content (AvgIpc) is 3.28. The number of benzene rings is 2. The number of furan rings is 1. The second-order valence-corrected chi connectivity index (χ2v) is 7.33. The molecule has 0 bridgehead atoms. The first kappa shape index (κ1) is 20.6. The molecule has 0 radical (unpaired) electrons. The second-order valence-electron chi connectivity index (χ2n) is 6.92. The topological polar surface area (TPSA) is 87.6 Å². The Morgan fingerprint density at radius 2 is 1.97 bits per heavy atom. The van der Waals surface area contributed by atoms with Crippen molar-refractivity contribution < 1.29 is 13.9 Å². The Morgan fingerprint density at radius 3 is 2.71 bits per heavy atom. The number of nitrogens with zero attached hydrogens (tertiary/aromatic N) is 1. The van der Waals surface area contributed by atoms with Crippen LogP contribution in [0.5, 0.6) is 5.75 Å². The fourth-order valence-corrected chi connectivity index (χ4v) is 3.41. The maximum atomic E-state index is 13.1. The summed E-state index contributed by atoms with van der Waals surface area (Å²) in [6.07, 6.45) is 1.54. The molecule has 4 rings (SSSR count). The fourth-order valence-electron chi connectivity index (χ4n) is 3.23. The van der Waals surface area contributed by atoms with Crippen LogP contribution in [-0.4, -0.2) is 23.0 Å². The highest BCUT2D eigenvalue weighted by Gasteiger charge is 2.19. The third kappa shape index (κ3) is 4.73. The smallest absolute Gasteiger partial charge is 0.322 e. The lowest BCUT2D eigenvalue weighted by Gasteiger charge is -2.22. The molecule has 0 unspecified atom stereocenters. The largest absolute Gasteiger partial charge is 0.497 e. The molecule has 8 heteroatoms. The summed E-state index contributed by atoms with van der Waals surface area (Å²) < 4.78 is 10.7. The molecular weight excluding hydrogens is 418 g/mol. The van der Waals surface area contributed by atoms with Crippen LogP contribution in [0.15, 0.2) is 76.1 Å². The van der Waals surface area contributed by atoms with Gasteiger partial charge in [-0.2, -0.15) is 0 Å². The van der Waals surface area contributed by atoms with Gasteiger partial charge in [0, 0.05) is 16.5 Å². The summed E-state index contributed by atoms with van der Waals surface area (Å²) in [4.78, 5) is 30.1. The number of para-hydroxylation sites is 1. The molecule has 0 aliphatic heterocycles. The zero-order valence-corrected chi connectivity index (χ0v) is 17.5. The lowest BCUT2D eigenvalue weighted by molar-refractivity contribution is 0.201. The van der Waals surface area contributed by atoms with Crippen molar-refractivity contribution in [1.82, 2.24) is 9.88 Å². The minimum atomic E-state index is -0.408. The number of aromatic amines is 1. The van der Waals surface area contributed by atoms with Crippen LogP contribution in [0.1, 0.15) is 11.3 Å². The molecule has 158 valence electrons. The molecule has 2 aromatic carbocycles. The number of aromatic nitrogens is 1. The Balaban J connectivity index is 1.65. The number of amides is 2. The molecule has 0 atom stereocenters. The number of carbonyl (C=O) groups excluding carboxylic acids is 1. The number of anilines is 1. The van der Waals surface area contributed by atoms with Crippen LogP contribution in [-0.2, 0) is 13.1 Å². The molecule has 4 aromatic rings. The molecule has 0 saturated carbocycles. The molecule has 2 N–H and O–H groups in total. The number of carbonyl (C=O) groups is 1. The average molecular weight is 438 g/mol. The Bertz CT molecular complexity index is 1270. The second kappa shape index (κ2) is 8.97. The van der Waals surface area contributed by atoms with Gasteiger partial charge in [0.25, 0.3) is 5.56 Å². The van der Waals surface area contributed by atoms with E-state index in [-0.39, 0.29) is 18.6 Å². The quantitative estimate of drug-likeness (QED) is 0.443. The molecule has 0 aliphatic carbocycles. The molecule has 7 nitrogen and oxygen atoms in total. The summed E-state index contributed by atoms with van der Waals surface area (Å²) >= 11 is 6.18. The lowest BCUT2D eigenvalue weighted by atomic mass is 10.1. The Labute approximate surface area is 183 Å². The summed E-state index contributed by atoms with van der Waals surface area (Å²) in [7, 11) is 1.58. The number of pyridine rings is 1. The predicted molar refractivity (Wildman–Crippen MR) is 120 cm³/mol. The van der Waals surface area contributed by atoms with Crippen LogP contribution in [0.4, 0.5) is 10.5 Å². The van der Waals surface area contributed by atoms with Crippen molar-refractivity contribution in [2.24, 2.45) is 0 Å². The summed E-state index contributed by atoms with van der Waals surface area (Å²) in [6.45, 7) is 0.248. The minimum Gasteiger partial charge on any atom is -0.497 e. The number of ether oxygens (including phenoxy) is 1. The summed E-state index contributed by atoms with van der Waals surface area (Å²) in [6, 6.07) is 17.2. The molecule has 0 spiro atoms. The first-order valence-corrected chi connectivity index (χ1v) is 9.94. The molecule has 2 aromatic heterocycles.